The van der Waals surface area contributed by atoms with E-state index in [1.165, 1.54) is 6.33 Å². The maximum atomic E-state index is 9.51. The van der Waals surface area contributed by atoms with Gasteiger partial charge >= 0.3 is 0 Å². The van der Waals surface area contributed by atoms with E-state index in [9.17, 15) is 5.11 Å². The molecule has 3 heterocycles. The highest BCUT2D eigenvalue weighted by Crippen LogP contribution is 2.31. The van der Waals surface area contributed by atoms with Gasteiger partial charge in [-0.2, -0.15) is 0 Å². The molecule has 1 atom stereocenters. The fourth-order valence-corrected chi connectivity index (χ4v) is 3.97. The SMILES string of the molecule is CC1(CO)COC(Cc2ccc3ncnc(Nc4ccc(OCc5ccccn5)c(Cl)c4)c3c2)=N1. The van der Waals surface area contributed by atoms with Crippen LogP contribution in [0.5, 0.6) is 5.75 Å². The zero-order valence-corrected chi connectivity index (χ0v) is 19.9. The van der Waals surface area contributed by atoms with Crippen molar-refractivity contribution in [3.05, 3.63) is 83.4 Å². The molecule has 1 aliphatic rings. The van der Waals surface area contributed by atoms with Gasteiger partial charge < -0.3 is 19.9 Å². The summed E-state index contributed by atoms with van der Waals surface area (Å²) in [6, 6.07) is 17.1. The van der Waals surface area contributed by atoms with Crippen molar-refractivity contribution in [3.8, 4) is 5.75 Å². The smallest absolute Gasteiger partial charge is 0.188 e. The predicted molar refractivity (Wildman–Crippen MR) is 135 cm³/mol. The van der Waals surface area contributed by atoms with E-state index in [1.807, 2.05) is 55.5 Å². The summed E-state index contributed by atoms with van der Waals surface area (Å²) in [6.07, 6.45) is 3.77. The van der Waals surface area contributed by atoms with Crippen LogP contribution in [0.15, 0.2) is 72.1 Å². The number of aliphatic imine (C=N–C) groups is 1. The number of halogens is 1. The van der Waals surface area contributed by atoms with E-state index < -0.39 is 5.54 Å². The van der Waals surface area contributed by atoms with Gasteiger partial charge in [0.25, 0.3) is 0 Å². The van der Waals surface area contributed by atoms with Gasteiger partial charge in [-0.25, -0.2) is 15.0 Å². The lowest BCUT2D eigenvalue weighted by molar-refractivity contribution is 0.169. The number of fused-ring (bicyclic) bond motifs is 1. The average molecular weight is 490 g/mol. The third kappa shape index (κ3) is 5.34. The van der Waals surface area contributed by atoms with Crippen molar-refractivity contribution < 1.29 is 14.6 Å². The van der Waals surface area contributed by atoms with Crippen LogP contribution in [0.2, 0.25) is 5.02 Å². The van der Waals surface area contributed by atoms with E-state index in [4.69, 9.17) is 21.1 Å². The molecule has 178 valence electrons. The standard InChI is InChI=1S/C26H24ClN5O3/c1-26(14-33)15-35-24(32-26)11-17-5-7-22-20(10-17)25(30-16-29-22)31-18-6-8-23(21(27)12-18)34-13-19-4-2-3-9-28-19/h2-10,12,16,33H,11,13-15H2,1H3,(H,29,30,31). The van der Waals surface area contributed by atoms with Crippen molar-refractivity contribution in [2.24, 2.45) is 4.99 Å². The fraction of sp³-hybridized carbons (Fsp3) is 0.231. The van der Waals surface area contributed by atoms with Gasteiger partial charge in [0.15, 0.2) is 5.90 Å². The third-order valence-electron chi connectivity index (χ3n) is 5.64. The van der Waals surface area contributed by atoms with Gasteiger partial charge in [0.05, 0.1) is 22.8 Å². The molecular formula is C26H24ClN5O3. The van der Waals surface area contributed by atoms with Crippen molar-refractivity contribution in [3.63, 3.8) is 0 Å². The Morgan fingerprint density at radius 3 is 2.80 bits per heavy atom. The summed E-state index contributed by atoms with van der Waals surface area (Å²) in [5, 5.41) is 14.2. The molecule has 2 N–H and O–H groups in total. The first-order valence-electron chi connectivity index (χ1n) is 11.2. The van der Waals surface area contributed by atoms with Crippen molar-refractivity contribution >= 4 is 39.9 Å². The van der Waals surface area contributed by atoms with Crippen LogP contribution in [0.4, 0.5) is 11.5 Å². The second-order valence-electron chi connectivity index (χ2n) is 8.58. The van der Waals surface area contributed by atoms with Gasteiger partial charge in [0.2, 0.25) is 0 Å². The molecule has 1 unspecified atom stereocenters. The number of benzene rings is 2. The van der Waals surface area contributed by atoms with Gasteiger partial charge in [0.1, 0.15) is 36.6 Å². The van der Waals surface area contributed by atoms with Crippen molar-refractivity contribution in [2.75, 3.05) is 18.5 Å². The lowest BCUT2D eigenvalue weighted by Gasteiger charge is -2.12. The first-order valence-corrected chi connectivity index (χ1v) is 11.5. The van der Waals surface area contributed by atoms with Crippen LogP contribution in [-0.4, -0.2) is 44.7 Å². The summed E-state index contributed by atoms with van der Waals surface area (Å²) in [7, 11) is 0. The molecule has 0 saturated carbocycles. The number of aromatic nitrogens is 3. The van der Waals surface area contributed by atoms with E-state index in [0.29, 0.717) is 42.1 Å². The number of hydrogen-bond donors (Lipinski definition) is 2. The van der Waals surface area contributed by atoms with E-state index in [0.717, 1.165) is 27.8 Å². The monoisotopic (exact) mass is 489 g/mol. The van der Waals surface area contributed by atoms with Crippen LogP contribution >= 0.6 is 11.6 Å². The van der Waals surface area contributed by atoms with Gasteiger partial charge in [-0.05, 0) is 55.0 Å². The van der Waals surface area contributed by atoms with Crippen LogP contribution in [0.3, 0.4) is 0 Å². The lowest BCUT2D eigenvalue weighted by Crippen LogP contribution is -2.28. The molecule has 0 radical (unpaired) electrons. The molecule has 0 fully saturated rings. The number of pyridine rings is 1. The van der Waals surface area contributed by atoms with E-state index in [1.54, 1.807) is 12.3 Å². The van der Waals surface area contributed by atoms with Crippen LogP contribution in [-0.2, 0) is 17.8 Å². The number of hydrogen-bond acceptors (Lipinski definition) is 8. The Labute approximate surface area is 207 Å². The highest BCUT2D eigenvalue weighted by molar-refractivity contribution is 6.32. The van der Waals surface area contributed by atoms with Crippen LogP contribution < -0.4 is 10.1 Å². The third-order valence-corrected chi connectivity index (χ3v) is 5.93. The number of nitrogens with one attached hydrogen (secondary N) is 1. The first-order chi connectivity index (χ1) is 17.0. The van der Waals surface area contributed by atoms with E-state index >= 15 is 0 Å². The minimum absolute atomic E-state index is 0.0499. The molecule has 35 heavy (non-hydrogen) atoms. The lowest BCUT2D eigenvalue weighted by atomic mass is 10.1. The molecule has 0 amide bonds. The number of aliphatic hydroxyl groups is 1. The Kier molecular flexibility index (Phi) is 6.48. The Morgan fingerprint density at radius 2 is 2.03 bits per heavy atom. The number of rotatable bonds is 8. The van der Waals surface area contributed by atoms with E-state index in [-0.39, 0.29) is 6.61 Å². The summed E-state index contributed by atoms with van der Waals surface area (Å²) in [4.78, 5) is 17.6. The first kappa shape index (κ1) is 23.0. The Bertz CT molecular complexity index is 1380. The normalized spacial score (nSPS) is 17.2. The average Bonchev–Trinajstić information content (AvgIpc) is 3.25. The van der Waals surface area contributed by atoms with Gasteiger partial charge in [-0.3, -0.25) is 4.98 Å². The van der Waals surface area contributed by atoms with Crippen LogP contribution in [0.25, 0.3) is 10.9 Å². The van der Waals surface area contributed by atoms with Crippen molar-refractivity contribution in [1.82, 2.24) is 15.0 Å². The largest absolute Gasteiger partial charge is 0.486 e. The fourth-order valence-electron chi connectivity index (χ4n) is 3.73. The summed E-state index contributed by atoms with van der Waals surface area (Å²) in [5.41, 5.74) is 2.83. The minimum atomic E-state index is -0.575. The molecule has 0 bridgehead atoms. The second-order valence-corrected chi connectivity index (χ2v) is 8.99. The predicted octanol–water partition coefficient (Wildman–Crippen LogP) is 4.72. The Balaban J connectivity index is 1.33. The molecular weight excluding hydrogens is 466 g/mol. The molecule has 5 rings (SSSR count). The quantitative estimate of drug-likeness (QED) is 0.369. The molecule has 9 heteroatoms. The molecule has 8 nitrogen and oxygen atoms in total. The Hall–Kier alpha value is -3.75. The summed E-state index contributed by atoms with van der Waals surface area (Å²) >= 11 is 6.47. The molecule has 0 aliphatic carbocycles. The van der Waals surface area contributed by atoms with E-state index in [2.05, 4.69) is 25.3 Å². The van der Waals surface area contributed by atoms with Crippen LogP contribution in [0, 0.1) is 0 Å². The molecule has 2 aromatic carbocycles. The number of anilines is 2. The van der Waals surface area contributed by atoms with Crippen molar-refractivity contribution in [1.29, 1.82) is 0 Å². The summed E-state index contributed by atoms with van der Waals surface area (Å²) in [5.74, 6) is 1.84. The Morgan fingerprint density at radius 1 is 1.11 bits per heavy atom. The maximum Gasteiger partial charge on any atom is 0.188 e. The maximum absolute atomic E-state index is 9.51. The molecule has 0 saturated heterocycles. The highest BCUT2D eigenvalue weighted by Gasteiger charge is 2.30. The topological polar surface area (TPSA) is 102 Å². The molecule has 4 aromatic rings. The number of aliphatic hydroxyl groups excluding tert-OH is 1. The molecule has 2 aromatic heterocycles. The zero-order valence-electron chi connectivity index (χ0n) is 19.1. The van der Waals surface area contributed by atoms with Gasteiger partial charge in [-0.15, -0.1) is 0 Å². The summed E-state index contributed by atoms with van der Waals surface area (Å²) < 4.78 is 11.5. The van der Waals surface area contributed by atoms with Crippen LogP contribution in [0.1, 0.15) is 18.2 Å². The van der Waals surface area contributed by atoms with Crippen molar-refractivity contribution in [2.45, 2.75) is 25.5 Å². The number of ether oxygens (including phenoxy) is 2. The molecule has 0 spiro atoms. The van der Waals surface area contributed by atoms with Gasteiger partial charge in [0, 0.05) is 23.7 Å². The highest BCUT2D eigenvalue weighted by atomic mass is 35.5. The number of nitrogens with zero attached hydrogens (tertiary/aromatic N) is 4. The zero-order chi connectivity index (χ0) is 24.3. The second kappa shape index (κ2) is 9.85. The summed E-state index contributed by atoms with van der Waals surface area (Å²) in [6.45, 7) is 2.53. The minimum Gasteiger partial charge on any atom is -0.486 e. The van der Waals surface area contributed by atoms with Gasteiger partial charge in [-0.1, -0.05) is 23.7 Å². The molecule has 1 aliphatic heterocycles.